The van der Waals surface area contributed by atoms with Gasteiger partial charge in [0, 0.05) is 13.1 Å². The third-order valence-electron chi connectivity index (χ3n) is 5.06. The summed E-state index contributed by atoms with van der Waals surface area (Å²) < 4.78 is 13.8. The lowest BCUT2D eigenvalue weighted by Crippen LogP contribution is -2.35. The van der Waals surface area contributed by atoms with Crippen molar-refractivity contribution in [2.75, 3.05) is 20.1 Å². The number of nitrogens with zero attached hydrogens (tertiary/aromatic N) is 2. The van der Waals surface area contributed by atoms with Gasteiger partial charge >= 0.3 is 0 Å². The number of benzene rings is 2. The molecule has 4 rings (SSSR count). The molecule has 1 unspecified atom stereocenters. The van der Waals surface area contributed by atoms with Crippen LogP contribution >= 0.6 is 11.3 Å². The van der Waals surface area contributed by atoms with E-state index in [0.717, 1.165) is 47.8 Å². The molecule has 1 fully saturated rings. The summed E-state index contributed by atoms with van der Waals surface area (Å²) in [6.07, 6.45) is 2.34. The first kappa shape index (κ1) is 19.4. The van der Waals surface area contributed by atoms with Gasteiger partial charge in [0.2, 0.25) is 0 Å². The Morgan fingerprint density at radius 1 is 1.07 bits per heavy atom. The summed E-state index contributed by atoms with van der Waals surface area (Å²) in [5.74, 6) is 0.880. The van der Waals surface area contributed by atoms with Gasteiger partial charge in [-0.3, -0.25) is 0 Å². The predicted octanol–water partition coefficient (Wildman–Crippen LogP) is 5.28. The van der Waals surface area contributed by atoms with Gasteiger partial charge in [-0.05, 0) is 63.6 Å². The number of hydrogen-bond acceptors (Lipinski definition) is 5. The number of thiazole rings is 1. The van der Waals surface area contributed by atoms with Crippen molar-refractivity contribution in [1.82, 2.24) is 9.88 Å². The van der Waals surface area contributed by atoms with Gasteiger partial charge in [-0.15, -0.1) is 11.3 Å². The monoisotopic (exact) mass is 396 g/mol. The van der Waals surface area contributed by atoms with E-state index in [2.05, 4.69) is 42.3 Å². The summed E-state index contributed by atoms with van der Waals surface area (Å²) in [5.41, 5.74) is 2.14. The van der Waals surface area contributed by atoms with Crippen LogP contribution in [0.4, 0.5) is 0 Å². The van der Waals surface area contributed by atoms with Crippen LogP contribution in [0.25, 0.3) is 10.2 Å². The molecule has 1 aliphatic rings. The Kier molecular flexibility index (Phi) is 5.95. The molecule has 1 aliphatic heterocycles. The van der Waals surface area contributed by atoms with E-state index in [1.165, 1.54) is 4.70 Å². The molecule has 3 aromatic rings. The zero-order valence-corrected chi connectivity index (χ0v) is 17.6. The minimum Gasteiger partial charge on any atom is -0.491 e. The van der Waals surface area contributed by atoms with Crippen LogP contribution in [0.2, 0.25) is 0 Å². The number of piperidine rings is 1. The first-order valence-corrected chi connectivity index (χ1v) is 10.9. The molecule has 4 nitrogen and oxygen atoms in total. The van der Waals surface area contributed by atoms with Gasteiger partial charge < -0.3 is 14.4 Å². The molecule has 2 heterocycles. The fraction of sp³-hybridized carbons (Fsp3) is 0.435. The molecule has 5 heteroatoms. The molecule has 0 amide bonds. The molecule has 28 heavy (non-hydrogen) atoms. The zero-order valence-electron chi connectivity index (χ0n) is 16.8. The summed E-state index contributed by atoms with van der Waals surface area (Å²) in [4.78, 5) is 7.27. The van der Waals surface area contributed by atoms with Crippen molar-refractivity contribution in [3.8, 4) is 5.75 Å². The van der Waals surface area contributed by atoms with E-state index in [9.17, 15) is 0 Å². The number of hydrogen-bond donors (Lipinski definition) is 0. The minimum absolute atomic E-state index is 0.144. The van der Waals surface area contributed by atoms with Crippen LogP contribution in [0.3, 0.4) is 0 Å². The Labute approximate surface area is 171 Å². The summed E-state index contributed by atoms with van der Waals surface area (Å²) in [6.45, 7) is 6.25. The van der Waals surface area contributed by atoms with Crippen molar-refractivity contribution >= 4 is 21.6 Å². The van der Waals surface area contributed by atoms with Crippen LogP contribution in [-0.2, 0) is 4.74 Å². The van der Waals surface area contributed by atoms with Crippen molar-refractivity contribution in [1.29, 1.82) is 0 Å². The Balaban J connectivity index is 1.66. The smallest absolute Gasteiger partial charge is 0.135 e. The second-order valence-electron chi connectivity index (χ2n) is 7.78. The van der Waals surface area contributed by atoms with Crippen LogP contribution in [0.1, 0.15) is 43.4 Å². The standard InChI is InChI=1S/C23H28N2O2S/c1-16(2)26-19-8-6-7-17(15-19)22(27-18-11-13-25(3)14-12-18)23-24-20-9-4-5-10-21(20)28-23/h4-10,15-16,18,22H,11-14H2,1-3H3. The van der Waals surface area contributed by atoms with Crippen LogP contribution in [0.15, 0.2) is 48.5 Å². The highest BCUT2D eigenvalue weighted by Gasteiger charge is 2.26. The van der Waals surface area contributed by atoms with Crippen LogP contribution in [-0.4, -0.2) is 42.2 Å². The maximum absolute atomic E-state index is 6.67. The van der Waals surface area contributed by atoms with Gasteiger partial charge in [0.25, 0.3) is 0 Å². The number of ether oxygens (including phenoxy) is 2. The molecular formula is C23H28N2O2S. The van der Waals surface area contributed by atoms with E-state index in [-0.39, 0.29) is 18.3 Å². The molecule has 1 aromatic heterocycles. The Morgan fingerprint density at radius 3 is 2.61 bits per heavy atom. The summed E-state index contributed by atoms with van der Waals surface area (Å²) >= 11 is 1.72. The van der Waals surface area contributed by atoms with E-state index in [1.807, 2.05) is 32.0 Å². The van der Waals surface area contributed by atoms with E-state index < -0.39 is 0 Å². The highest BCUT2D eigenvalue weighted by molar-refractivity contribution is 7.18. The number of likely N-dealkylation sites (tertiary alicyclic amines) is 1. The third-order valence-corrected chi connectivity index (χ3v) is 6.14. The maximum atomic E-state index is 6.67. The lowest BCUT2D eigenvalue weighted by Gasteiger charge is -2.31. The van der Waals surface area contributed by atoms with Crippen molar-refractivity contribution in [3.05, 3.63) is 59.1 Å². The largest absolute Gasteiger partial charge is 0.491 e. The second-order valence-corrected chi connectivity index (χ2v) is 8.84. The van der Waals surface area contributed by atoms with Gasteiger partial charge in [0.15, 0.2) is 0 Å². The van der Waals surface area contributed by atoms with Crippen molar-refractivity contribution in [2.45, 2.75) is 45.0 Å². The van der Waals surface area contributed by atoms with Crippen molar-refractivity contribution < 1.29 is 9.47 Å². The molecule has 0 radical (unpaired) electrons. The van der Waals surface area contributed by atoms with Gasteiger partial charge in [0.1, 0.15) is 16.9 Å². The highest BCUT2D eigenvalue weighted by atomic mass is 32.1. The number of aromatic nitrogens is 1. The van der Waals surface area contributed by atoms with Gasteiger partial charge in [0.05, 0.1) is 22.4 Å². The van der Waals surface area contributed by atoms with Crippen molar-refractivity contribution in [2.24, 2.45) is 0 Å². The predicted molar refractivity (Wildman–Crippen MR) is 115 cm³/mol. The van der Waals surface area contributed by atoms with E-state index in [1.54, 1.807) is 11.3 Å². The topological polar surface area (TPSA) is 34.6 Å². The molecule has 0 bridgehead atoms. The third kappa shape index (κ3) is 4.54. The van der Waals surface area contributed by atoms with Crippen LogP contribution < -0.4 is 4.74 Å². The molecule has 0 aliphatic carbocycles. The summed E-state index contributed by atoms with van der Waals surface area (Å²) in [5, 5.41) is 1.02. The summed E-state index contributed by atoms with van der Waals surface area (Å²) in [6, 6.07) is 16.6. The fourth-order valence-corrected chi connectivity index (χ4v) is 4.65. The SMILES string of the molecule is CC(C)Oc1cccc(C(OC2CCN(C)CC2)c2nc3ccccc3s2)c1. The Bertz CT molecular complexity index is 883. The van der Waals surface area contributed by atoms with Gasteiger partial charge in [-0.25, -0.2) is 4.98 Å². The van der Waals surface area contributed by atoms with Gasteiger partial charge in [-0.2, -0.15) is 0 Å². The normalized spacial score (nSPS) is 17.3. The average Bonchev–Trinajstić information content (AvgIpc) is 3.11. The number of para-hydroxylation sites is 1. The lowest BCUT2D eigenvalue weighted by molar-refractivity contribution is -0.0235. The molecule has 1 atom stereocenters. The zero-order chi connectivity index (χ0) is 19.5. The van der Waals surface area contributed by atoms with E-state index in [0.29, 0.717) is 0 Å². The molecule has 148 valence electrons. The quantitative estimate of drug-likeness (QED) is 0.567. The lowest BCUT2D eigenvalue weighted by atomic mass is 10.1. The van der Waals surface area contributed by atoms with E-state index >= 15 is 0 Å². The first-order chi connectivity index (χ1) is 13.6. The molecular weight excluding hydrogens is 368 g/mol. The fourth-order valence-electron chi connectivity index (χ4n) is 3.62. The van der Waals surface area contributed by atoms with Crippen LogP contribution in [0.5, 0.6) is 5.75 Å². The minimum atomic E-state index is -0.165. The molecule has 2 aromatic carbocycles. The Morgan fingerprint density at radius 2 is 1.86 bits per heavy atom. The molecule has 0 saturated carbocycles. The number of fused-ring (bicyclic) bond motifs is 1. The van der Waals surface area contributed by atoms with E-state index in [4.69, 9.17) is 14.5 Å². The summed E-state index contributed by atoms with van der Waals surface area (Å²) in [7, 11) is 2.17. The van der Waals surface area contributed by atoms with Crippen LogP contribution in [0, 0.1) is 0 Å². The van der Waals surface area contributed by atoms with Gasteiger partial charge in [-0.1, -0.05) is 24.3 Å². The maximum Gasteiger partial charge on any atom is 0.135 e. The molecule has 1 saturated heterocycles. The highest BCUT2D eigenvalue weighted by Crippen LogP contribution is 2.36. The molecule has 0 N–H and O–H groups in total. The van der Waals surface area contributed by atoms with Crippen molar-refractivity contribution in [3.63, 3.8) is 0 Å². The Hall–Kier alpha value is -1.95. The number of rotatable bonds is 6. The average molecular weight is 397 g/mol. The second kappa shape index (κ2) is 8.60. The molecule has 0 spiro atoms. The first-order valence-electron chi connectivity index (χ1n) is 10.0.